The predicted molar refractivity (Wildman–Crippen MR) is 94.8 cm³/mol. The summed E-state index contributed by atoms with van der Waals surface area (Å²) in [6, 6.07) is 12.5. The first-order valence-corrected chi connectivity index (χ1v) is 8.00. The summed E-state index contributed by atoms with van der Waals surface area (Å²) in [6.07, 6.45) is 0. The third kappa shape index (κ3) is 4.96. The monoisotopic (exact) mass is 382 g/mol. The molecule has 2 N–H and O–H groups in total. The van der Waals surface area contributed by atoms with Gasteiger partial charge in [0.25, 0.3) is 0 Å². The summed E-state index contributed by atoms with van der Waals surface area (Å²) in [7, 11) is 0. The van der Waals surface area contributed by atoms with E-state index in [9.17, 15) is 4.39 Å². The zero-order chi connectivity index (χ0) is 15.9. The third-order valence-electron chi connectivity index (χ3n) is 2.87. The van der Waals surface area contributed by atoms with Crippen molar-refractivity contribution in [3.8, 4) is 5.75 Å². The molecule has 0 saturated heterocycles. The topological polar surface area (TPSA) is 33.3 Å². The molecule has 2 rings (SSSR count). The molecule has 3 nitrogen and oxygen atoms in total. The molecule has 0 radical (unpaired) electrons. The van der Waals surface area contributed by atoms with E-state index in [-0.39, 0.29) is 5.82 Å². The van der Waals surface area contributed by atoms with Crippen molar-refractivity contribution in [1.29, 1.82) is 0 Å². The second kappa shape index (κ2) is 8.10. The first-order valence-electron chi connectivity index (χ1n) is 6.80. The van der Waals surface area contributed by atoms with Crippen LogP contribution < -0.4 is 15.4 Å². The van der Waals surface area contributed by atoms with Crippen molar-refractivity contribution in [3.05, 3.63) is 58.3 Å². The number of thiocarbonyl (C=S) groups is 1. The lowest BCUT2D eigenvalue weighted by Crippen LogP contribution is -2.28. The van der Waals surface area contributed by atoms with Gasteiger partial charge in [-0.3, -0.25) is 0 Å². The molecule has 0 fully saturated rings. The molecular formula is C16H16BrFN2OS. The SMILES string of the molecule is CCOc1ccc(CNC(=S)Nc2ccc(Br)cc2F)cc1. The highest BCUT2D eigenvalue weighted by molar-refractivity contribution is 9.10. The van der Waals surface area contributed by atoms with Crippen molar-refractivity contribution in [3.63, 3.8) is 0 Å². The van der Waals surface area contributed by atoms with Gasteiger partial charge < -0.3 is 15.4 Å². The average molecular weight is 383 g/mol. The summed E-state index contributed by atoms with van der Waals surface area (Å²) < 4.78 is 19.8. The highest BCUT2D eigenvalue weighted by Crippen LogP contribution is 2.19. The summed E-state index contributed by atoms with van der Waals surface area (Å²) in [5.74, 6) is 0.475. The summed E-state index contributed by atoms with van der Waals surface area (Å²) >= 11 is 8.38. The van der Waals surface area contributed by atoms with Crippen LogP contribution in [0.4, 0.5) is 10.1 Å². The van der Waals surface area contributed by atoms with E-state index in [2.05, 4.69) is 26.6 Å². The molecule has 0 aliphatic heterocycles. The molecule has 0 atom stereocenters. The van der Waals surface area contributed by atoms with Crippen LogP contribution in [0.3, 0.4) is 0 Å². The normalized spacial score (nSPS) is 10.1. The fourth-order valence-electron chi connectivity index (χ4n) is 1.81. The third-order valence-corrected chi connectivity index (χ3v) is 3.61. The van der Waals surface area contributed by atoms with Gasteiger partial charge in [0.15, 0.2) is 5.11 Å². The van der Waals surface area contributed by atoms with Crippen LogP contribution in [0, 0.1) is 5.82 Å². The van der Waals surface area contributed by atoms with Crippen molar-refractivity contribution in [2.24, 2.45) is 0 Å². The molecule has 0 heterocycles. The van der Waals surface area contributed by atoms with Gasteiger partial charge in [-0.05, 0) is 55.0 Å². The molecule has 116 valence electrons. The number of hydrogen-bond donors (Lipinski definition) is 2. The lowest BCUT2D eigenvalue weighted by Gasteiger charge is -2.12. The Morgan fingerprint density at radius 3 is 2.59 bits per heavy atom. The first-order chi connectivity index (χ1) is 10.6. The summed E-state index contributed by atoms with van der Waals surface area (Å²) in [4.78, 5) is 0. The molecule has 22 heavy (non-hydrogen) atoms. The minimum atomic E-state index is -0.361. The van der Waals surface area contributed by atoms with Crippen LogP contribution >= 0.6 is 28.1 Å². The molecule has 0 aromatic heterocycles. The van der Waals surface area contributed by atoms with Gasteiger partial charge in [0, 0.05) is 11.0 Å². The number of ether oxygens (including phenoxy) is 1. The van der Waals surface area contributed by atoms with Crippen molar-refractivity contribution in [2.45, 2.75) is 13.5 Å². The van der Waals surface area contributed by atoms with E-state index in [1.165, 1.54) is 6.07 Å². The summed E-state index contributed by atoms with van der Waals surface area (Å²) in [6.45, 7) is 3.14. The first kappa shape index (κ1) is 16.7. The number of halogens is 2. The van der Waals surface area contributed by atoms with Crippen LogP contribution in [0.2, 0.25) is 0 Å². The van der Waals surface area contributed by atoms with E-state index in [1.807, 2.05) is 31.2 Å². The van der Waals surface area contributed by atoms with Crippen LogP contribution in [0.5, 0.6) is 5.75 Å². The Kier molecular flexibility index (Phi) is 6.15. The van der Waals surface area contributed by atoms with Gasteiger partial charge in [0.05, 0.1) is 12.3 Å². The Hall–Kier alpha value is -1.66. The Balaban J connectivity index is 1.87. The van der Waals surface area contributed by atoms with Gasteiger partial charge in [-0.25, -0.2) is 4.39 Å². The molecule has 0 unspecified atom stereocenters. The Morgan fingerprint density at radius 1 is 1.23 bits per heavy atom. The Labute approximate surface area is 143 Å². The maximum Gasteiger partial charge on any atom is 0.171 e. The molecular weight excluding hydrogens is 367 g/mol. The number of rotatable bonds is 5. The second-order valence-corrected chi connectivity index (χ2v) is 5.83. The number of hydrogen-bond acceptors (Lipinski definition) is 2. The van der Waals surface area contributed by atoms with E-state index in [4.69, 9.17) is 17.0 Å². The maximum absolute atomic E-state index is 13.7. The minimum absolute atomic E-state index is 0.340. The average Bonchev–Trinajstić information content (AvgIpc) is 2.50. The van der Waals surface area contributed by atoms with Crippen LogP contribution in [0.25, 0.3) is 0 Å². The van der Waals surface area contributed by atoms with Gasteiger partial charge in [-0.15, -0.1) is 0 Å². The van der Waals surface area contributed by atoms with Gasteiger partial charge in [-0.2, -0.15) is 0 Å². The minimum Gasteiger partial charge on any atom is -0.494 e. The molecule has 0 bridgehead atoms. The molecule has 0 aliphatic carbocycles. The van der Waals surface area contributed by atoms with Gasteiger partial charge in [-0.1, -0.05) is 28.1 Å². The van der Waals surface area contributed by atoms with Gasteiger partial charge in [0.2, 0.25) is 0 Å². The molecule has 2 aromatic carbocycles. The zero-order valence-electron chi connectivity index (χ0n) is 12.0. The number of benzene rings is 2. The lowest BCUT2D eigenvalue weighted by molar-refractivity contribution is 0.340. The van der Waals surface area contributed by atoms with E-state index in [0.29, 0.717) is 28.4 Å². The van der Waals surface area contributed by atoms with Crippen molar-refractivity contribution in [2.75, 3.05) is 11.9 Å². The molecule has 0 aliphatic rings. The highest BCUT2D eigenvalue weighted by atomic mass is 79.9. The molecule has 2 aromatic rings. The Bertz CT molecular complexity index is 649. The van der Waals surface area contributed by atoms with Crippen LogP contribution in [-0.2, 0) is 6.54 Å². The summed E-state index contributed by atoms with van der Waals surface area (Å²) in [5, 5.41) is 6.25. The lowest BCUT2D eigenvalue weighted by atomic mass is 10.2. The van der Waals surface area contributed by atoms with E-state index < -0.39 is 0 Å². The van der Waals surface area contributed by atoms with Crippen molar-refractivity contribution < 1.29 is 9.13 Å². The predicted octanol–water partition coefficient (Wildman–Crippen LogP) is 4.47. The maximum atomic E-state index is 13.7. The quantitative estimate of drug-likeness (QED) is 0.747. The van der Waals surface area contributed by atoms with Crippen LogP contribution in [-0.4, -0.2) is 11.7 Å². The van der Waals surface area contributed by atoms with Crippen LogP contribution in [0.15, 0.2) is 46.9 Å². The number of anilines is 1. The molecule has 6 heteroatoms. The fourth-order valence-corrected chi connectivity index (χ4v) is 2.33. The van der Waals surface area contributed by atoms with Crippen LogP contribution in [0.1, 0.15) is 12.5 Å². The standard InChI is InChI=1S/C16H16BrFN2OS/c1-2-21-13-6-3-11(4-7-13)10-19-16(22)20-15-8-5-12(17)9-14(15)18/h3-9H,2,10H2,1H3,(H2,19,20,22). The Morgan fingerprint density at radius 2 is 1.95 bits per heavy atom. The summed E-state index contributed by atoms with van der Waals surface area (Å²) in [5.41, 5.74) is 1.40. The van der Waals surface area contributed by atoms with Gasteiger partial charge in [0.1, 0.15) is 11.6 Å². The van der Waals surface area contributed by atoms with E-state index in [0.717, 1.165) is 11.3 Å². The van der Waals surface area contributed by atoms with E-state index >= 15 is 0 Å². The smallest absolute Gasteiger partial charge is 0.171 e. The molecule has 0 saturated carbocycles. The number of nitrogens with one attached hydrogen (secondary N) is 2. The molecule has 0 amide bonds. The van der Waals surface area contributed by atoms with Crippen molar-refractivity contribution in [1.82, 2.24) is 5.32 Å². The van der Waals surface area contributed by atoms with Gasteiger partial charge >= 0.3 is 0 Å². The molecule has 0 spiro atoms. The largest absolute Gasteiger partial charge is 0.494 e. The zero-order valence-corrected chi connectivity index (χ0v) is 14.4. The van der Waals surface area contributed by atoms with Crippen molar-refractivity contribution >= 4 is 38.9 Å². The highest BCUT2D eigenvalue weighted by Gasteiger charge is 2.04. The fraction of sp³-hybridized carbons (Fsp3) is 0.188. The second-order valence-electron chi connectivity index (χ2n) is 4.51. The van der Waals surface area contributed by atoms with E-state index in [1.54, 1.807) is 12.1 Å².